The van der Waals surface area contributed by atoms with Crippen LogP contribution in [0.3, 0.4) is 0 Å². The molecule has 1 aromatic carbocycles. The van der Waals surface area contributed by atoms with Crippen LogP contribution in [0.15, 0.2) is 30.3 Å². The summed E-state index contributed by atoms with van der Waals surface area (Å²) in [6.07, 6.45) is 1.58. The van der Waals surface area contributed by atoms with Crippen molar-refractivity contribution in [1.82, 2.24) is 4.90 Å². The summed E-state index contributed by atoms with van der Waals surface area (Å²) in [5, 5.41) is 9.23. The predicted octanol–water partition coefficient (Wildman–Crippen LogP) is 1.46. The fourth-order valence-corrected chi connectivity index (χ4v) is 2.37. The molecule has 1 radical (unpaired) electrons. The van der Waals surface area contributed by atoms with E-state index in [0.717, 1.165) is 26.2 Å². The zero-order chi connectivity index (χ0) is 13.0. The zero-order valence-corrected chi connectivity index (χ0v) is 14.3. The van der Waals surface area contributed by atoms with Crippen LogP contribution in [0.1, 0.15) is 5.56 Å². The molecule has 1 heterocycles. The molecule has 0 amide bonds. The standard InChI is InChI=1S/C15H21N2O.Y/c1-3-14(12-18)16-8-10-17(11-9-16)15-6-4-13(2)5-7-15;/h1,3-7,14,18H,8-12H2,2H3;/q-1;. The molecule has 0 saturated carbocycles. The largest absolute Gasteiger partial charge is 0.516 e. The van der Waals surface area contributed by atoms with Crippen LogP contribution in [-0.2, 0) is 32.7 Å². The first-order chi connectivity index (χ1) is 8.74. The number of anilines is 1. The Kier molecular flexibility index (Phi) is 7.23. The number of piperazine rings is 1. The molecule has 0 aromatic heterocycles. The molecule has 4 heteroatoms. The van der Waals surface area contributed by atoms with Crippen molar-refractivity contribution in [1.29, 1.82) is 0 Å². The fraction of sp³-hybridized carbons (Fsp3) is 0.467. The van der Waals surface area contributed by atoms with Crippen molar-refractivity contribution in [2.75, 3.05) is 37.7 Å². The van der Waals surface area contributed by atoms with Crippen molar-refractivity contribution >= 4 is 5.69 Å². The van der Waals surface area contributed by atoms with Crippen LogP contribution in [0.25, 0.3) is 0 Å². The second kappa shape index (κ2) is 8.16. The molecule has 1 aromatic rings. The Morgan fingerprint density at radius 3 is 2.26 bits per heavy atom. The number of nitrogens with zero attached hydrogens (tertiary/aromatic N) is 2. The Balaban J connectivity index is 0.00000180. The van der Waals surface area contributed by atoms with Crippen molar-refractivity contribution in [2.45, 2.75) is 13.0 Å². The molecular weight excluding hydrogens is 313 g/mol. The summed E-state index contributed by atoms with van der Waals surface area (Å²) < 4.78 is 0. The SMILES string of the molecule is [CH-]=CC(CO)N1CCN(c2ccc(C)cc2)CC1.[Y]. The average molecular weight is 334 g/mol. The molecule has 1 unspecified atom stereocenters. The summed E-state index contributed by atoms with van der Waals surface area (Å²) in [4.78, 5) is 4.60. The molecule has 1 saturated heterocycles. The van der Waals surface area contributed by atoms with Gasteiger partial charge in [0, 0.05) is 70.6 Å². The number of aliphatic hydroxyl groups is 1. The van der Waals surface area contributed by atoms with E-state index in [9.17, 15) is 5.11 Å². The third kappa shape index (κ3) is 4.39. The molecule has 1 atom stereocenters. The molecule has 0 bridgehead atoms. The number of rotatable bonds is 4. The Morgan fingerprint density at radius 1 is 1.21 bits per heavy atom. The van der Waals surface area contributed by atoms with Gasteiger partial charge < -0.3 is 16.6 Å². The molecule has 1 N–H and O–H groups in total. The molecule has 1 aliphatic heterocycles. The molecule has 19 heavy (non-hydrogen) atoms. The van der Waals surface area contributed by atoms with E-state index in [0.29, 0.717) is 0 Å². The summed E-state index contributed by atoms with van der Waals surface area (Å²) in [5.41, 5.74) is 2.56. The van der Waals surface area contributed by atoms with Gasteiger partial charge in [-0.2, -0.15) is 0 Å². The Labute approximate surface area is 141 Å². The van der Waals surface area contributed by atoms with Crippen molar-refractivity contribution in [2.24, 2.45) is 0 Å². The van der Waals surface area contributed by atoms with Crippen LogP contribution in [0.4, 0.5) is 5.69 Å². The molecule has 3 nitrogen and oxygen atoms in total. The van der Waals surface area contributed by atoms with Crippen LogP contribution < -0.4 is 4.90 Å². The topological polar surface area (TPSA) is 26.7 Å². The van der Waals surface area contributed by atoms with E-state index in [1.54, 1.807) is 6.08 Å². The first-order valence-electron chi connectivity index (χ1n) is 6.46. The zero-order valence-electron chi connectivity index (χ0n) is 11.5. The number of hydrogen-bond donors (Lipinski definition) is 1. The smallest absolute Gasteiger partial charge is 0.0595 e. The van der Waals surface area contributed by atoms with Crippen LogP contribution in [0.2, 0.25) is 0 Å². The summed E-state index contributed by atoms with van der Waals surface area (Å²) >= 11 is 0. The first kappa shape index (κ1) is 16.8. The molecule has 0 spiro atoms. The third-order valence-corrected chi connectivity index (χ3v) is 3.59. The van der Waals surface area contributed by atoms with Gasteiger partial charge in [0.15, 0.2) is 0 Å². The van der Waals surface area contributed by atoms with Crippen molar-refractivity contribution in [3.8, 4) is 0 Å². The van der Waals surface area contributed by atoms with Crippen LogP contribution in [0.5, 0.6) is 0 Å². The number of hydrogen-bond acceptors (Lipinski definition) is 3. The monoisotopic (exact) mass is 334 g/mol. The van der Waals surface area contributed by atoms with E-state index >= 15 is 0 Å². The summed E-state index contributed by atoms with van der Waals surface area (Å²) in [5.74, 6) is 0. The molecule has 101 valence electrons. The quantitative estimate of drug-likeness (QED) is 0.845. The Morgan fingerprint density at radius 2 is 1.79 bits per heavy atom. The minimum atomic E-state index is -0.00910. The van der Waals surface area contributed by atoms with Gasteiger partial charge >= 0.3 is 0 Å². The summed E-state index contributed by atoms with van der Waals surface area (Å²) in [6.45, 7) is 11.6. The summed E-state index contributed by atoms with van der Waals surface area (Å²) in [7, 11) is 0. The predicted molar refractivity (Wildman–Crippen MR) is 74.7 cm³/mol. The maximum absolute atomic E-state index is 9.23. The third-order valence-electron chi connectivity index (χ3n) is 3.59. The maximum Gasteiger partial charge on any atom is 0.0595 e. The van der Waals surface area contributed by atoms with Crippen LogP contribution in [0, 0.1) is 13.5 Å². The Hall–Kier alpha value is -0.216. The van der Waals surface area contributed by atoms with E-state index in [1.165, 1.54) is 11.3 Å². The van der Waals surface area contributed by atoms with Gasteiger partial charge in [-0.15, -0.1) is 0 Å². The minimum absolute atomic E-state index is 0. The molecule has 0 aliphatic carbocycles. The van der Waals surface area contributed by atoms with Gasteiger partial charge in [0.25, 0.3) is 0 Å². The van der Waals surface area contributed by atoms with Gasteiger partial charge in [-0.05, 0) is 19.1 Å². The number of aryl methyl sites for hydroxylation is 1. The van der Waals surface area contributed by atoms with Crippen molar-refractivity contribution in [3.63, 3.8) is 0 Å². The molecule has 1 fully saturated rings. The molecule has 1 aliphatic rings. The van der Waals surface area contributed by atoms with E-state index in [4.69, 9.17) is 6.58 Å². The van der Waals surface area contributed by atoms with E-state index < -0.39 is 0 Å². The van der Waals surface area contributed by atoms with Gasteiger partial charge in [0.2, 0.25) is 0 Å². The van der Waals surface area contributed by atoms with Gasteiger partial charge in [-0.1, -0.05) is 17.7 Å². The maximum atomic E-state index is 9.23. The summed E-state index contributed by atoms with van der Waals surface area (Å²) in [6, 6.07) is 8.62. The van der Waals surface area contributed by atoms with Crippen LogP contribution in [-0.4, -0.2) is 48.8 Å². The minimum Gasteiger partial charge on any atom is -0.516 e. The van der Waals surface area contributed by atoms with E-state index in [2.05, 4.69) is 41.0 Å². The van der Waals surface area contributed by atoms with Gasteiger partial charge in [-0.25, -0.2) is 0 Å². The second-order valence-electron chi connectivity index (χ2n) is 4.80. The number of benzene rings is 1. The van der Waals surface area contributed by atoms with Gasteiger partial charge in [0.05, 0.1) is 6.61 Å². The van der Waals surface area contributed by atoms with E-state index in [1.807, 2.05) is 0 Å². The van der Waals surface area contributed by atoms with Crippen LogP contribution >= 0.6 is 0 Å². The second-order valence-corrected chi connectivity index (χ2v) is 4.80. The van der Waals surface area contributed by atoms with Gasteiger partial charge in [0.1, 0.15) is 0 Å². The van der Waals surface area contributed by atoms with E-state index in [-0.39, 0.29) is 45.4 Å². The van der Waals surface area contributed by atoms with Crippen molar-refractivity contribution < 1.29 is 37.8 Å². The average Bonchev–Trinajstić information content (AvgIpc) is 2.42. The normalized spacial score (nSPS) is 17.7. The van der Waals surface area contributed by atoms with Gasteiger partial charge in [-0.3, -0.25) is 11.0 Å². The first-order valence-corrected chi connectivity index (χ1v) is 6.46. The van der Waals surface area contributed by atoms with Crippen molar-refractivity contribution in [3.05, 3.63) is 42.5 Å². The molecule has 2 rings (SSSR count). The Bertz CT molecular complexity index is 386. The number of aliphatic hydroxyl groups excluding tert-OH is 1. The molecular formula is C15H21N2OY-. The fourth-order valence-electron chi connectivity index (χ4n) is 2.37.